The normalized spacial score (nSPS) is 19.0. The van der Waals surface area contributed by atoms with Crippen LogP contribution in [-0.2, 0) is 20.9 Å². The van der Waals surface area contributed by atoms with Gasteiger partial charge in [-0.2, -0.15) is 0 Å². The van der Waals surface area contributed by atoms with Crippen LogP contribution >= 0.6 is 23.1 Å². The highest BCUT2D eigenvalue weighted by Gasteiger charge is 2.57. The topological polar surface area (TPSA) is 161 Å². The molecule has 3 aromatic carbocycles. The van der Waals surface area contributed by atoms with Gasteiger partial charge in [-0.15, -0.1) is 0 Å². The van der Waals surface area contributed by atoms with E-state index in [1.807, 2.05) is 0 Å². The minimum absolute atomic E-state index is 0.119. The molecule has 0 aliphatic carbocycles. The molecule has 12 nitrogen and oxygen atoms in total. The van der Waals surface area contributed by atoms with Crippen molar-refractivity contribution in [3.63, 3.8) is 0 Å². The molecule has 0 radical (unpaired) electrons. The number of non-ortho nitro benzene ring substituents is 1. The van der Waals surface area contributed by atoms with Crippen LogP contribution in [0.3, 0.4) is 0 Å². The summed E-state index contributed by atoms with van der Waals surface area (Å²) in [6.07, 6.45) is 0. The fourth-order valence-corrected chi connectivity index (χ4v) is 8.13. The molecule has 3 heterocycles. The molecule has 1 aromatic heterocycles. The van der Waals surface area contributed by atoms with Crippen molar-refractivity contribution in [1.82, 2.24) is 4.57 Å². The largest absolute Gasteiger partial charge is 0.504 e. The second kappa shape index (κ2) is 11.2. The van der Waals surface area contributed by atoms with Crippen LogP contribution in [0.4, 0.5) is 21.5 Å². The lowest BCUT2D eigenvalue weighted by molar-refractivity contribution is -0.384. The molecule has 4 aromatic rings. The van der Waals surface area contributed by atoms with Gasteiger partial charge in [0.15, 0.2) is 11.5 Å². The number of carbonyl (C=O) groups excluding carboxylic acids is 3. The van der Waals surface area contributed by atoms with E-state index in [0.29, 0.717) is 21.2 Å². The molecule has 0 bridgehead atoms. The molecule has 1 fully saturated rings. The summed E-state index contributed by atoms with van der Waals surface area (Å²) < 4.78 is 19.8. The molecule has 44 heavy (non-hydrogen) atoms. The van der Waals surface area contributed by atoms with E-state index in [4.69, 9.17) is 4.74 Å². The molecule has 2 unspecified atom stereocenters. The van der Waals surface area contributed by atoms with Gasteiger partial charge in [-0.05, 0) is 54.1 Å². The van der Waals surface area contributed by atoms with Gasteiger partial charge < -0.3 is 15.2 Å². The maximum Gasteiger partial charge on any atom is 0.308 e. The van der Waals surface area contributed by atoms with Gasteiger partial charge in [0, 0.05) is 28.6 Å². The van der Waals surface area contributed by atoms with Gasteiger partial charge in [0.1, 0.15) is 17.6 Å². The van der Waals surface area contributed by atoms with Crippen molar-refractivity contribution in [3.8, 4) is 11.5 Å². The third kappa shape index (κ3) is 4.99. The summed E-state index contributed by atoms with van der Waals surface area (Å²) in [4.78, 5) is 65.6. The van der Waals surface area contributed by atoms with Crippen molar-refractivity contribution in [2.75, 3.05) is 17.3 Å². The fraction of sp³-hybridized carbons (Fsp3) is 0.172. The first-order valence-corrected chi connectivity index (χ1v) is 14.7. The van der Waals surface area contributed by atoms with Crippen LogP contribution in [0.5, 0.6) is 11.5 Å². The second-order valence-electron chi connectivity index (χ2n) is 9.94. The maximum absolute atomic E-state index is 14.0. The van der Waals surface area contributed by atoms with Crippen LogP contribution in [-0.4, -0.2) is 44.7 Å². The molecule has 2 aliphatic heterocycles. The van der Waals surface area contributed by atoms with Crippen molar-refractivity contribution in [2.45, 2.75) is 22.7 Å². The number of phenols is 1. The molecule has 15 heteroatoms. The fourth-order valence-electron chi connectivity index (χ4n) is 5.36. The minimum atomic E-state index is -1.00. The number of aromatic hydroxyl groups is 1. The van der Waals surface area contributed by atoms with Gasteiger partial charge in [0.2, 0.25) is 17.7 Å². The average Bonchev–Trinajstić information content (AvgIpc) is 3.44. The number of amides is 3. The number of anilines is 2. The van der Waals surface area contributed by atoms with Crippen LogP contribution in [0.1, 0.15) is 16.4 Å². The molecule has 2 aliphatic rings. The molecule has 6 rings (SSSR count). The number of rotatable bonds is 7. The molecular weight excluding hydrogens is 615 g/mol. The molecule has 3 amide bonds. The highest BCUT2D eigenvalue weighted by molar-refractivity contribution is 8.00. The van der Waals surface area contributed by atoms with Gasteiger partial charge in [0.05, 0.1) is 28.7 Å². The molecule has 2 N–H and O–H groups in total. The molecule has 224 valence electrons. The average molecular weight is 637 g/mol. The van der Waals surface area contributed by atoms with Gasteiger partial charge >= 0.3 is 4.87 Å². The smallest absolute Gasteiger partial charge is 0.308 e. The SMILES string of the molecule is COc1cc([C@@H]2c3sc(=O)n(CC(=O)Nc4ccc(F)cc4)c3SC3C(=O)N(c4ccc([N+](=O)[O-])cc4)C(=O)C32)ccc1O. The van der Waals surface area contributed by atoms with E-state index in [1.165, 1.54) is 72.3 Å². The van der Waals surface area contributed by atoms with Crippen molar-refractivity contribution >= 4 is 57.9 Å². The Morgan fingerprint density at radius 3 is 2.43 bits per heavy atom. The Bertz CT molecular complexity index is 1890. The van der Waals surface area contributed by atoms with Crippen LogP contribution < -0.4 is 19.8 Å². The summed E-state index contributed by atoms with van der Waals surface area (Å²) in [5, 5.41) is 23.3. The van der Waals surface area contributed by atoms with E-state index >= 15 is 0 Å². The van der Waals surface area contributed by atoms with Crippen LogP contribution in [0.15, 0.2) is 76.6 Å². The number of ether oxygens (including phenoxy) is 1. The summed E-state index contributed by atoms with van der Waals surface area (Å²) in [6.45, 7) is -0.410. The summed E-state index contributed by atoms with van der Waals surface area (Å²) in [5.74, 6) is -4.03. The van der Waals surface area contributed by atoms with E-state index < -0.39 is 57.0 Å². The summed E-state index contributed by atoms with van der Waals surface area (Å²) >= 11 is 1.84. The second-order valence-corrected chi connectivity index (χ2v) is 12.1. The number of nitro benzene ring substituents is 1. The van der Waals surface area contributed by atoms with Crippen LogP contribution in [0.2, 0.25) is 0 Å². The molecule has 3 atom stereocenters. The number of nitro groups is 1. The van der Waals surface area contributed by atoms with Gasteiger partial charge in [-0.3, -0.25) is 33.9 Å². The zero-order chi connectivity index (χ0) is 31.3. The molecule has 1 saturated heterocycles. The van der Waals surface area contributed by atoms with Gasteiger partial charge in [0.25, 0.3) is 5.69 Å². The standard InChI is InChI=1S/C29H21FN4O8S2/c1-42-20-12-14(2-11-19(20)35)22-23-24(27(38)33(26(23)37)17-7-9-18(10-8-17)34(40)41)43-28-25(22)44-29(39)32(28)13-21(36)31-16-5-3-15(30)4-6-16/h2-12,22-24,35H,13H2,1H3,(H,31,36)/t22-,23?,24?/m0/s1. The Labute approximate surface area is 255 Å². The third-order valence-electron chi connectivity index (χ3n) is 7.36. The minimum Gasteiger partial charge on any atom is -0.504 e. The number of aromatic nitrogens is 1. The lowest BCUT2D eigenvalue weighted by Gasteiger charge is -2.31. The number of thiazole rings is 1. The van der Waals surface area contributed by atoms with E-state index in [2.05, 4.69) is 5.32 Å². The Morgan fingerprint density at radius 2 is 1.77 bits per heavy atom. The Balaban J connectivity index is 1.42. The number of hydrogen-bond acceptors (Lipinski definition) is 10. The number of benzene rings is 3. The first kappa shape index (κ1) is 29.1. The van der Waals surface area contributed by atoms with Crippen molar-refractivity contribution in [1.29, 1.82) is 0 Å². The van der Waals surface area contributed by atoms with Crippen LogP contribution in [0.25, 0.3) is 0 Å². The quantitative estimate of drug-likeness (QED) is 0.173. The highest BCUT2D eigenvalue weighted by Crippen LogP contribution is 2.54. The van der Waals surface area contributed by atoms with Crippen LogP contribution in [0, 0.1) is 21.8 Å². The Morgan fingerprint density at radius 1 is 1.07 bits per heavy atom. The van der Waals surface area contributed by atoms with Crippen molar-refractivity contribution < 1.29 is 33.5 Å². The number of carbonyl (C=O) groups is 3. The Kier molecular flexibility index (Phi) is 7.43. The lowest BCUT2D eigenvalue weighted by Crippen LogP contribution is -2.33. The molecular formula is C29H21FN4O8S2. The Hall–Kier alpha value is -5.02. The number of thioether (sulfide) groups is 1. The predicted molar refractivity (Wildman–Crippen MR) is 159 cm³/mol. The first-order valence-electron chi connectivity index (χ1n) is 13.0. The number of fused-ring (bicyclic) bond motifs is 2. The van der Waals surface area contributed by atoms with Crippen molar-refractivity contribution in [3.05, 3.63) is 103 Å². The number of phenolic OH excluding ortho intramolecular Hbond substituents is 1. The van der Waals surface area contributed by atoms with E-state index in [0.717, 1.165) is 28.0 Å². The molecule has 0 spiro atoms. The number of halogens is 1. The first-order chi connectivity index (χ1) is 21.1. The zero-order valence-electron chi connectivity index (χ0n) is 22.6. The number of hydrogen-bond donors (Lipinski definition) is 2. The lowest BCUT2D eigenvalue weighted by atomic mass is 9.83. The van der Waals surface area contributed by atoms with Crippen molar-refractivity contribution in [2.24, 2.45) is 5.92 Å². The van der Waals surface area contributed by atoms with Gasteiger partial charge in [-0.25, -0.2) is 9.29 Å². The number of nitrogens with one attached hydrogen (secondary N) is 1. The summed E-state index contributed by atoms with van der Waals surface area (Å²) in [7, 11) is 1.36. The number of imide groups is 1. The van der Waals surface area contributed by atoms with Gasteiger partial charge in [-0.1, -0.05) is 29.2 Å². The highest BCUT2D eigenvalue weighted by atomic mass is 32.2. The van der Waals surface area contributed by atoms with E-state index in [1.54, 1.807) is 6.07 Å². The summed E-state index contributed by atoms with van der Waals surface area (Å²) in [6, 6.07) is 14.6. The van der Waals surface area contributed by atoms with E-state index in [9.17, 15) is 38.8 Å². The number of nitrogens with zero attached hydrogens (tertiary/aromatic N) is 3. The maximum atomic E-state index is 14.0. The zero-order valence-corrected chi connectivity index (χ0v) is 24.3. The predicted octanol–water partition coefficient (Wildman–Crippen LogP) is 4.11. The summed E-state index contributed by atoms with van der Waals surface area (Å²) in [5.41, 5.74) is 0.763. The number of methoxy groups -OCH3 is 1. The monoisotopic (exact) mass is 636 g/mol. The third-order valence-corrected chi connectivity index (χ3v) is 9.96. The molecule has 0 saturated carbocycles. The van der Waals surface area contributed by atoms with E-state index in [-0.39, 0.29) is 22.9 Å².